The second-order valence-corrected chi connectivity index (χ2v) is 5.49. The van der Waals surface area contributed by atoms with Crippen LogP contribution in [0.15, 0.2) is 24.3 Å². The molecule has 0 bridgehead atoms. The van der Waals surface area contributed by atoms with Gasteiger partial charge in [-0.25, -0.2) is 0 Å². The van der Waals surface area contributed by atoms with Gasteiger partial charge in [0.1, 0.15) is 0 Å². The van der Waals surface area contributed by atoms with Crippen molar-refractivity contribution in [3.63, 3.8) is 0 Å². The van der Waals surface area contributed by atoms with Crippen LogP contribution in [0.25, 0.3) is 0 Å². The summed E-state index contributed by atoms with van der Waals surface area (Å²) in [6.07, 6.45) is 1.44. The molecule has 0 unspecified atom stereocenters. The highest BCUT2D eigenvalue weighted by Crippen LogP contribution is 2.21. The number of imide groups is 1. The molecule has 2 aliphatic heterocycles. The molecule has 1 aromatic rings. The third-order valence-electron chi connectivity index (χ3n) is 4.10. The van der Waals surface area contributed by atoms with E-state index in [1.807, 2.05) is 0 Å². The Bertz CT molecular complexity index is 573. The van der Waals surface area contributed by atoms with E-state index in [-0.39, 0.29) is 36.7 Å². The molecule has 6 heteroatoms. The van der Waals surface area contributed by atoms with Gasteiger partial charge in [-0.2, -0.15) is 0 Å². The van der Waals surface area contributed by atoms with Gasteiger partial charge in [0, 0.05) is 32.2 Å². The number of nitrogens with zero attached hydrogens (tertiary/aromatic N) is 1. The van der Waals surface area contributed by atoms with E-state index in [9.17, 15) is 14.4 Å². The fourth-order valence-electron chi connectivity index (χ4n) is 2.84. The first-order chi connectivity index (χ1) is 10.7. The zero-order valence-corrected chi connectivity index (χ0v) is 12.2. The molecule has 3 rings (SSSR count). The van der Waals surface area contributed by atoms with E-state index < -0.39 is 0 Å². The van der Waals surface area contributed by atoms with E-state index in [0.29, 0.717) is 24.3 Å². The molecule has 22 heavy (non-hydrogen) atoms. The predicted octanol–water partition coefficient (Wildman–Crippen LogP) is 0.825. The quantitative estimate of drug-likeness (QED) is 0.836. The van der Waals surface area contributed by atoms with E-state index in [1.54, 1.807) is 24.3 Å². The summed E-state index contributed by atoms with van der Waals surface area (Å²) in [4.78, 5) is 37.5. The monoisotopic (exact) mass is 302 g/mol. The second kappa shape index (κ2) is 6.27. The summed E-state index contributed by atoms with van der Waals surface area (Å²) in [6.45, 7) is 1.69. The number of fused-ring (bicyclic) bond motifs is 1. The molecule has 0 aromatic heterocycles. The van der Waals surface area contributed by atoms with Crippen molar-refractivity contribution < 1.29 is 19.1 Å². The van der Waals surface area contributed by atoms with Crippen molar-refractivity contribution in [2.75, 3.05) is 26.3 Å². The van der Waals surface area contributed by atoms with Crippen LogP contribution >= 0.6 is 0 Å². The number of hydrogen-bond donors (Lipinski definition) is 1. The summed E-state index contributed by atoms with van der Waals surface area (Å²) in [7, 11) is 0. The van der Waals surface area contributed by atoms with Crippen LogP contribution in [0.3, 0.4) is 0 Å². The number of carbonyl (C=O) groups excluding carboxylic acids is 3. The Morgan fingerprint density at radius 2 is 1.73 bits per heavy atom. The zero-order valence-electron chi connectivity index (χ0n) is 12.2. The lowest BCUT2D eigenvalue weighted by atomic mass is 9.99. The molecule has 3 amide bonds. The summed E-state index contributed by atoms with van der Waals surface area (Å²) >= 11 is 0. The number of nitrogens with one attached hydrogen (secondary N) is 1. The van der Waals surface area contributed by atoms with E-state index in [1.165, 1.54) is 4.90 Å². The average Bonchev–Trinajstić information content (AvgIpc) is 2.81. The summed E-state index contributed by atoms with van der Waals surface area (Å²) < 4.78 is 5.22. The number of benzene rings is 1. The van der Waals surface area contributed by atoms with Crippen LogP contribution < -0.4 is 5.32 Å². The predicted molar refractivity (Wildman–Crippen MR) is 78.4 cm³/mol. The average molecular weight is 302 g/mol. The molecule has 0 spiro atoms. The highest BCUT2D eigenvalue weighted by molar-refractivity contribution is 6.21. The van der Waals surface area contributed by atoms with E-state index in [2.05, 4.69) is 5.32 Å². The van der Waals surface area contributed by atoms with Gasteiger partial charge in [-0.05, 0) is 25.0 Å². The maximum Gasteiger partial charge on any atom is 0.261 e. The molecule has 1 N–H and O–H groups in total. The summed E-state index contributed by atoms with van der Waals surface area (Å²) in [5, 5.41) is 2.81. The van der Waals surface area contributed by atoms with Crippen LogP contribution in [0.4, 0.5) is 0 Å². The molecular formula is C16H18N2O4. The lowest BCUT2D eigenvalue weighted by Crippen LogP contribution is -2.41. The minimum Gasteiger partial charge on any atom is -0.381 e. The molecule has 0 aliphatic carbocycles. The molecule has 0 saturated carbocycles. The van der Waals surface area contributed by atoms with Crippen LogP contribution in [0.1, 0.15) is 33.6 Å². The van der Waals surface area contributed by atoms with Crippen LogP contribution in [0, 0.1) is 5.92 Å². The molecule has 1 saturated heterocycles. The van der Waals surface area contributed by atoms with Crippen LogP contribution in [0.2, 0.25) is 0 Å². The normalized spacial score (nSPS) is 18.5. The topological polar surface area (TPSA) is 75.7 Å². The molecule has 6 nitrogen and oxygen atoms in total. The third kappa shape index (κ3) is 2.74. The minimum absolute atomic E-state index is 0.0279. The van der Waals surface area contributed by atoms with Crippen LogP contribution in [-0.2, 0) is 9.53 Å². The Hall–Kier alpha value is -2.21. The highest BCUT2D eigenvalue weighted by atomic mass is 16.5. The van der Waals surface area contributed by atoms with Crippen molar-refractivity contribution >= 4 is 17.7 Å². The number of ether oxygens (including phenoxy) is 1. The summed E-state index contributed by atoms with van der Waals surface area (Å²) in [5.74, 6) is -0.641. The molecule has 0 radical (unpaired) electrons. The van der Waals surface area contributed by atoms with Crippen molar-refractivity contribution in [2.24, 2.45) is 5.92 Å². The maximum atomic E-state index is 12.2. The van der Waals surface area contributed by atoms with Crippen LogP contribution in [0.5, 0.6) is 0 Å². The Morgan fingerprint density at radius 3 is 2.32 bits per heavy atom. The summed E-state index contributed by atoms with van der Waals surface area (Å²) in [5.41, 5.74) is 0.867. The molecule has 2 heterocycles. The molecule has 2 aliphatic rings. The highest BCUT2D eigenvalue weighted by Gasteiger charge is 2.34. The van der Waals surface area contributed by atoms with Gasteiger partial charge in [0.2, 0.25) is 5.91 Å². The van der Waals surface area contributed by atoms with E-state index in [4.69, 9.17) is 4.74 Å². The fourth-order valence-corrected chi connectivity index (χ4v) is 2.84. The SMILES string of the molecule is O=C(NCCN1C(=O)c2ccccc2C1=O)C1CCOCC1. The Balaban J connectivity index is 1.53. The first kappa shape index (κ1) is 14.7. The smallest absolute Gasteiger partial charge is 0.261 e. The Kier molecular flexibility index (Phi) is 4.20. The van der Waals surface area contributed by atoms with Crippen LogP contribution in [-0.4, -0.2) is 48.9 Å². The van der Waals surface area contributed by atoms with Crippen molar-refractivity contribution in [1.82, 2.24) is 10.2 Å². The number of rotatable bonds is 4. The fraction of sp³-hybridized carbons (Fsp3) is 0.438. The van der Waals surface area contributed by atoms with Gasteiger partial charge in [-0.15, -0.1) is 0 Å². The van der Waals surface area contributed by atoms with Gasteiger partial charge < -0.3 is 10.1 Å². The van der Waals surface area contributed by atoms with Gasteiger partial charge >= 0.3 is 0 Å². The first-order valence-corrected chi connectivity index (χ1v) is 7.49. The molecule has 0 atom stereocenters. The molecule has 1 aromatic carbocycles. The van der Waals surface area contributed by atoms with E-state index in [0.717, 1.165) is 12.8 Å². The largest absolute Gasteiger partial charge is 0.381 e. The van der Waals surface area contributed by atoms with E-state index >= 15 is 0 Å². The minimum atomic E-state index is -0.291. The Morgan fingerprint density at radius 1 is 1.14 bits per heavy atom. The molecule has 1 fully saturated rings. The van der Waals surface area contributed by atoms with Crippen molar-refractivity contribution in [2.45, 2.75) is 12.8 Å². The van der Waals surface area contributed by atoms with Crippen molar-refractivity contribution in [3.8, 4) is 0 Å². The van der Waals surface area contributed by atoms with Crippen molar-refractivity contribution in [3.05, 3.63) is 35.4 Å². The van der Waals surface area contributed by atoms with Gasteiger partial charge in [0.05, 0.1) is 11.1 Å². The molecular weight excluding hydrogens is 284 g/mol. The van der Waals surface area contributed by atoms with Gasteiger partial charge in [-0.1, -0.05) is 12.1 Å². The maximum absolute atomic E-state index is 12.2. The summed E-state index contributed by atoms with van der Waals surface area (Å²) in [6, 6.07) is 6.77. The van der Waals surface area contributed by atoms with Gasteiger partial charge in [0.15, 0.2) is 0 Å². The number of carbonyl (C=O) groups is 3. The zero-order chi connectivity index (χ0) is 15.5. The van der Waals surface area contributed by atoms with Gasteiger partial charge in [-0.3, -0.25) is 19.3 Å². The van der Waals surface area contributed by atoms with Crippen molar-refractivity contribution in [1.29, 1.82) is 0 Å². The lowest BCUT2D eigenvalue weighted by molar-refractivity contribution is -0.127. The second-order valence-electron chi connectivity index (χ2n) is 5.49. The Labute approximate surface area is 128 Å². The third-order valence-corrected chi connectivity index (χ3v) is 4.10. The standard InChI is InChI=1S/C16H18N2O4/c19-14(11-5-9-22-10-6-11)17-7-8-18-15(20)12-3-1-2-4-13(12)16(18)21/h1-4,11H,5-10H2,(H,17,19). The number of amides is 3. The molecule has 116 valence electrons. The van der Waals surface area contributed by atoms with Gasteiger partial charge in [0.25, 0.3) is 11.8 Å². The lowest BCUT2D eigenvalue weighted by Gasteiger charge is -2.22. The number of hydrogen-bond acceptors (Lipinski definition) is 4. The first-order valence-electron chi connectivity index (χ1n) is 7.49.